The molecular weight excluding hydrogens is 332 g/mol. The van der Waals surface area contributed by atoms with Crippen LogP contribution in [0.5, 0.6) is 11.5 Å². The zero-order valence-electron chi connectivity index (χ0n) is 14.7. The van der Waals surface area contributed by atoms with Crippen LogP contribution in [0.25, 0.3) is 11.3 Å². The summed E-state index contributed by atoms with van der Waals surface area (Å²) in [5, 5.41) is 6.88. The van der Waals surface area contributed by atoms with Crippen molar-refractivity contribution in [2.24, 2.45) is 0 Å². The first-order chi connectivity index (χ1) is 12.7. The molecule has 6 heteroatoms. The molecule has 0 bridgehead atoms. The first kappa shape index (κ1) is 17.5. The van der Waals surface area contributed by atoms with Crippen molar-refractivity contribution in [3.05, 3.63) is 65.9 Å². The molecule has 0 spiro atoms. The Kier molecular flexibility index (Phi) is 5.53. The molecule has 26 heavy (non-hydrogen) atoms. The average molecular weight is 352 g/mol. The van der Waals surface area contributed by atoms with Gasteiger partial charge in [0.25, 0.3) is 0 Å². The molecule has 6 nitrogen and oxygen atoms in total. The van der Waals surface area contributed by atoms with Gasteiger partial charge in [0.15, 0.2) is 5.76 Å². The van der Waals surface area contributed by atoms with Gasteiger partial charge in [-0.15, -0.1) is 0 Å². The van der Waals surface area contributed by atoms with Crippen molar-refractivity contribution < 1.29 is 18.8 Å². The second kappa shape index (κ2) is 8.20. The Morgan fingerprint density at radius 2 is 1.81 bits per heavy atom. The van der Waals surface area contributed by atoms with E-state index in [1.54, 1.807) is 14.2 Å². The summed E-state index contributed by atoms with van der Waals surface area (Å²) in [6, 6.07) is 16.8. The number of amides is 1. The summed E-state index contributed by atoms with van der Waals surface area (Å²) in [5.74, 6) is 2.01. The topological polar surface area (TPSA) is 73.6 Å². The van der Waals surface area contributed by atoms with Crippen molar-refractivity contribution >= 4 is 5.91 Å². The minimum absolute atomic E-state index is 0.0966. The van der Waals surface area contributed by atoms with Crippen LogP contribution in [0, 0.1) is 0 Å². The largest absolute Gasteiger partial charge is 0.497 e. The Labute approximate surface area is 151 Å². The lowest BCUT2D eigenvalue weighted by Crippen LogP contribution is -2.24. The van der Waals surface area contributed by atoms with Gasteiger partial charge in [0.05, 0.1) is 27.2 Å². The number of methoxy groups -OCH3 is 2. The summed E-state index contributed by atoms with van der Waals surface area (Å²) in [6.45, 7) is 0.284. The normalized spacial score (nSPS) is 10.4. The van der Waals surface area contributed by atoms with E-state index in [0.29, 0.717) is 11.5 Å². The van der Waals surface area contributed by atoms with E-state index in [9.17, 15) is 4.79 Å². The number of carbonyl (C=O) groups is 1. The maximum Gasteiger partial charge on any atom is 0.224 e. The van der Waals surface area contributed by atoms with Gasteiger partial charge in [-0.05, 0) is 42.0 Å². The second-order valence-electron chi connectivity index (χ2n) is 5.71. The fourth-order valence-corrected chi connectivity index (χ4v) is 2.51. The molecule has 0 saturated carbocycles. The molecule has 1 heterocycles. The number of carbonyl (C=O) groups excluding carboxylic acids is 1. The van der Waals surface area contributed by atoms with E-state index >= 15 is 0 Å². The predicted octanol–water partition coefficient (Wildman–Crippen LogP) is 3.22. The Morgan fingerprint density at radius 1 is 1.04 bits per heavy atom. The van der Waals surface area contributed by atoms with Gasteiger partial charge in [-0.2, -0.15) is 0 Å². The molecule has 3 aromatic rings. The van der Waals surface area contributed by atoms with Crippen LogP contribution in [-0.2, 0) is 17.8 Å². The van der Waals surface area contributed by atoms with Gasteiger partial charge in [0.1, 0.15) is 17.2 Å². The molecule has 1 aromatic heterocycles. The van der Waals surface area contributed by atoms with E-state index in [1.807, 2.05) is 54.6 Å². The van der Waals surface area contributed by atoms with E-state index in [1.165, 1.54) is 0 Å². The number of hydrogen-bond acceptors (Lipinski definition) is 5. The first-order valence-corrected chi connectivity index (χ1v) is 8.17. The zero-order valence-corrected chi connectivity index (χ0v) is 14.7. The Bertz CT molecular complexity index is 872. The van der Waals surface area contributed by atoms with Crippen molar-refractivity contribution in [1.29, 1.82) is 0 Å². The molecule has 0 aliphatic heterocycles. The van der Waals surface area contributed by atoms with E-state index in [-0.39, 0.29) is 18.9 Å². The summed E-state index contributed by atoms with van der Waals surface area (Å²) in [4.78, 5) is 12.1. The van der Waals surface area contributed by atoms with Crippen LogP contribution < -0.4 is 14.8 Å². The van der Waals surface area contributed by atoms with Gasteiger partial charge in [0, 0.05) is 11.6 Å². The second-order valence-corrected chi connectivity index (χ2v) is 5.71. The van der Waals surface area contributed by atoms with Crippen molar-refractivity contribution in [2.75, 3.05) is 14.2 Å². The highest BCUT2D eigenvalue weighted by Crippen LogP contribution is 2.22. The minimum Gasteiger partial charge on any atom is -0.497 e. The van der Waals surface area contributed by atoms with Gasteiger partial charge in [-0.25, -0.2) is 0 Å². The van der Waals surface area contributed by atoms with Crippen molar-refractivity contribution in [3.63, 3.8) is 0 Å². The third kappa shape index (κ3) is 4.42. The minimum atomic E-state index is -0.0966. The lowest BCUT2D eigenvalue weighted by Gasteiger charge is -2.05. The third-order valence-corrected chi connectivity index (χ3v) is 3.90. The van der Waals surface area contributed by atoms with Gasteiger partial charge >= 0.3 is 0 Å². The van der Waals surface area contributed by atoms with Crippen LogP contribution >= 0.6 is 0 Å². The molecule has 0 aliphatic rings. The summed E-state index contributed by atoms with van der Waals surface area (Å²) in [7, 11) is 3.22. The van der Waals surface area contributed by atoms with Gasteiger partial charge in [-0.3, -0.25) is 4.79 Å². The number of benzene rings is 2. The fourth-order valence-electron chi connectivity index (χ4n) is 2.51. The molecule has 134 valence electrons. The lowest BCUT2D eigenvalue weighted by atomic mass is 10.1. The van der Waals surface area contributed by atoms with E-state index in [0.717, 1.165) is 22.6 Å². The number of ether oxygens (including phenoxy) is 2. The Morgan fingerprint density at radius 3 is 2.54 bits per heavy atom. The number of aromatic nitrogens is 1. The quantitative estimate of drug-likeness (QED) is 0.707. The molecule has 2 aromatic carbocycles. The Balaban J connectivity index is 1.56. The standard InChI is InChI=1S/C20H20N2O4/c1-24-16-8-6-15(7-9-16)19-12-18(26-22-19)13-21-20(23)11-14-4-3-5-17(10-14)25-2/h3-10,12H,11,13H2,1-2H3,(H,21,23). The molecule has 0 radical (unpaired) electrons. The summed E-state index contributed by atoms with van der Waals surface area (Å²) < 4.78 is 15.6. The van der Waals surface area contributed by atoms with Gasteiger partial charge in [0.2, 0.25) is 5.91 Å². The van der Waals surface area contributed by atoms with Crippen molar-refractivity contribution in [3.8, 4) is 22.8 Å². The van der Waals surface area contributed by atoms with E-state index in [4.69, 9.17) is 14.0 Å². The smallest absolute Gasteiger partial charge is 0.224 e. The maximum absolute atomic E-state index is 12.1. The molecule has 3 rings (SSSR count). The number of nitrogens with zero attached hydrogens (tertiary/aromatic N) is 1. The number of hydrogen-bond donors (Lipinski definition) is 1. The summed E-state index contributed by atoms with van der Waals surface area (Å²) >= 11 is 0. The SMILES string of the molecule is COc1ccc(-c2cc(CNC(=O)Cc3cccc(OC)c3)on2)cc1. The summed E-state index contributed by atoms with van der Waals surface area (Å²) in [5.41, 5.74) is 2.52. The van der Waals surface area contributed by atoms with Gasteiger partial charge in [-0.1, -0.05) is 17.3 Å². The van der Waals surface area contributed by atoms with E-state index < -0.39 is 0 Å². The van der Waals surface area contributed by atoms with Crippen molar-refractivity contribution in [2.45, 2.75) is 13.0 Å². The number of nitrogens with one attached hydrogen (secondary N) is 1. The van der Waals surface area contributed by atoms with Crippen LogP contribution in [0.15, 0.2) is 59.1 Å². The van der Waals surface area contributed by atoms with Crippen LogP contribution in [-0.4, -0.2) is 25.3 Å². The average Bonchev–Trinajstić information content (AvgIpc) is 3.15. The molecule has 0 unspecified atom stereocenters. The maximum atomic E-state index is 12.1. The first-order valence-electron chi connectivity index (χ1n) is 8.17. The molecule has 0 saturated heterocycles. The van der Waals surface area contributed by atoms with Crippen LogP contribution in [0.3, 0.4) is 0 Å². The van der Waals surface area contributed by atoms with Crippen LogP contribution in [0.1, 0.15) is 11.3 Å². The lowest BCUT2D eigenvalue weighted by molar-refractivity contribution is -0.120. The Hall–Kier alpha value is -3.28. The fraction of sp³-hybridized carbons (Fsp3) is 0.200. The molecule has 1 amide bonds. The highest BCUT2D eigenvalue weighted by molar-refractivity contribution is 5.78. The third-order valence-electron chi connectivity index (χ3n) is 3.90. The highest BCUT2D eigenvalue weighted by Gasteiger charge is 2.09. The van der Waals surface area contributed by atoms with E-state index in [2.05, 4.69) is 10.5 Å². The van der Waals surface area contributed by atoms with Gasteiger partial charge < -0.3 is 19.3 Å². The molecule has 0 atom stereocenters. The van der Waals surface area contributed by atoms with Crippen LogP contribution in [0.4, 0.5) is 0 Å². The zero-order chi connectivity index (χ0) is 18.4. The number of rotatable bonds is 7. The molecular formula is C20H20N2O4. The molecule has 1 N–H and O–H groups in total. The predicted molar refractivity (Wildman–Crippen MR) is 97.0 cm³/mol. The van der Waals surface area contributed by atoms with Crippen LogP contribution in [0.2, 0.25) is 0 Å². The molecule has 0 aliphatic carbocycles. The molecule has 0 fully saturated rings. The highest BCUT2D eigenvalue weighted by atomic mass is 16.5. The monoisotopic (exact) mass is 352 g/mol. The summed E-state index contributed by atoms with van der Waals surface area (Å²) in [6.07, 6.45) is 0.274. The van der Waals surface area contributed by atoms with Crippen molar-refractivity contribution in [1.82, 2.24) is 10.5 Å².